The minimum atomic E-state index is -0.457. The number of hydrogen-bond acceptors (Lipinski definition) is 5. The molecule has 0 saturated carbocycles. The number of nitrogens with zero attached hydrogens (tertiary/aromatic N) is 1. The summed E-state index contributed by atoms with van der Waals surface area (Å²) in [4.78, 5) is 16.2. The van der Waals surface area contributed by atoms with E-state index in [-0.39, 0.29) is 6.04 Å². The number of methoxy groups -OCH3 is 2. The first-order valence-corrected chi connectivity index (χ1v) is 9.39. The van der Waals surface area contributed by atoms with E-state index >= 15 is 0 Å². The van der Waals surface area contributed by atoms with Gasteiger partial charge in [-0.3, -0.25) is 0 Å². The maximum atomic E-state index is 12.0. The Morgan fingerprint density at radius 2 is 1.73 bits per heavy atom. The molecule has 1 N–H and O–H groups in total. The van der Waals surface area contributed by atoms with Gasteiger partial charge in [-0.15, -0.1) is 0 Å². The predicted molar refractivity (Wildman–Crippen MR) is 111 cm³/mol. The van der Waals surface area contributed by atoms with Gasteiger partial charge >= 0.3 is 6.09 Å². The highest BCUT2D eigenvalue weighted by molar-refractivity contribution is 5.71. The third-order valence-corrected chi connectivity index (χ3v) is 4.77. The highest BCUT2D eigenvalue weighted by Gasteiger charge is 2.36. The fourth-order valence-electron chi connectivity index (χ4n) is 3.29. The number of aromatic nitrogens is 1. The van der Waals surface area contributed by atoms with Crippen LogP contribution in [-0.2, 0) is 4.74 Å². The Labute approximate surface area is 174 Å². The molecule has 1 aliphatic rings. The van der Waals surface area contributed by atoms with Gasteiger partial charge in [0.1, 0.15) is 5.75 Å². The van der Waals surface area contributed by atoms with Gasteiger partial charge < -0.3 is 19.5 Å². The van der Waals surface area contributed by atoms with Crippen LogP contribution in [0.15, 0.2) is 66.9 Å². The average Bonchev–Trinajstić information content (AvgIpc) is 3.20. The number of benzene rings is 2. The largest absolute Gasteiger partial charge is 0.497 e. The first kappa shape index (κ1) is 19.3. The van der Waals surface area contributed by atoms with Crippen molar-refractivity contribution < 1.29 is 19.0 Å². The van der Waals surface area contributed by atoms with Crippen LogP contribution in [-0.4, -0.2) is 25.3 Å². The summed E-state index contributed by atoms with van der Waals surface area (Å²) in [5, 5.41) is 2.90. The lowest BCUT2D eigenvalue weighted by atomic mass is 9.95. The van der Waals surface area contributed by atoms with Gasteiger partial charge in [-0.2, -0.15) is 0 Å². The Bertz CT molecular complexity index is 1120. The van der Waals surface area contributed by atoms with Gasteiger partial charge in [0.2, 0.25) is 5.88 Å². The van der Waals surface area contributed by atoms with E-state index in [1.807, 2.05) is 54.6 Å². The molecule has 1 saturated heterocycles. The fourth-order valence-corrected chi connectivity index (χ4v) is 3.29. The van der Waals surface area contributed by atoms with E-state index in [1.54, 1.807) is 26.5 Å². The van der Waals surface area contributed by atoms with Crippen LogP contribution < -0.4 is 14.8 Å². The number of hydrogen-bond donors (Lipinski definition) is 1. The van der Waals surface area contributed by atoms with Gasteiger partial charge in [0, 0.05) is 23.4 Å². The summed E-state index contributed by atoms with van der Waals surface area (Å²) in [6, 6.07) is 18.6. The molecule has 1 aliphatic heterocycles. The van der Waals surface area contributed by atoms with Gasteiger partial charge in [0.25, 0.3) is 0 Å². The van der Waals surface area contributed by atoms with Crippen molar-refractivity contribution in [2.75, 3.05) is 14.2 Å². The zero-order chi connectivity index (χ0) is 20.9. The van der Waals surface area contributed by atoms with Crippen LogP contribution >= 0.6 is 0 Å². The summed E-state index contributed by atoms with van der Waals surface area (Å²) < 4.78 is 15.9. The molecule has 1 amide bonds. The summed E-state index contributed by atoms with van der Waals surface area (Å²) >= 11 is 0. The quantitative estimate of drug-likeness (QED) is 0.670. The van der Waals surface area contributed by atoms with E-state index in [2.05, 4.69) is 22.1 Å². The molecule has 3 aromatic rings. The number of rotatable bonds is 4. The van der Waals surface area contributed by atoms with Crippen molar-refractivity contribution in [2.45, 2.75) is 12.1 Å². The van der Waals surface area contributed by atoms with Crippen molar-refractivity contribution in [3.8, 4) is 23.5 Å². The van der Waals surface area contributed by atoms with E-state index in [1.165, 1.54) is 0 Å². The van der Waals surface area contributed by atoms with E-state index in [4.69, 9.17) is 14.2 Å². The Balaban J connectivity index is 1.60. The maximum Gasteiger partial charge on any atom is 0.408 e. The number of carbonyl (C=O) groups excluding carboxylic acids is 1. The molecule has 2 heterocycles. The minimum absolute atomic E-state index is 0.325. The Morgan fingerprint density at radius 3 is 2.50 bits per heavy atom. The van der Waals surface area contributed by atoms with Crippen LogP contribution in [0, 0.1) is 11.8 Å². The number of ether oxygens (including phenoxy) is 3. The smallest absolute Gasteiger partial charge is 0.408 e. The number of nitrogens with one attached hydrogen (secondary N) is 1. The molecule has 0 aliphatic carbocycles. The SMILES string of the molecule is COc1cccc([C@H]2OC(=O)N[C@@H]2c2cccc(C#Cc3ccc(OC)nc3)c2)c1. The second kappa shape index (κ2) is 8.58. The molecule has 0 bridgehead atoms. The van der Waals surface area contributed by atoms with Crippen LogP contribution in [0.25, 0.3) is 0 Å². The van der Waals surface area contributed by atoms with E-state index in [0.29, 0.717) is 11.6 Å². The molecular weight excluding hydrogens is 380 g/mol. The van der Waals surface area contributed by atoms with Crippen LogP contribution in [0.4, 0.5) is 4.79 Å². The molecule has 2 aromatic carbocycles. The number of pyridine rings is 1. The third-order valence-electron chi connectivity index (χ3n) is 4.77. The van der Waals surface area contributed by atoms with Crippen molar-refractivity contribution in [1.29, 1.82) is 0 Å². The van der Waals surface area contributed by atoms with Crippen LogP contribution in [0.3, 0.4) is 0 Å². The van der Waals surface area contributed by atoms with Crippen molar-refractivity contribution in [1.82, 2.24) is 10.3 Å². The molecule has 30 heavy (non-hydrogen) atoms. The topological polar surface area (TPSA) is 69.7 Å². The Morgan fingerprint density at radius 1 is 0.933 bits per heavy atom. The number of cyclic esters (lactones) is 1. The molecular formula is C24H20N2O4. The molecule has 150 valence electrons. The van der Waals surface area contributed by atoms with Crippen molar-refractivity contribution in [3.05, 3.63) is 89.1 Å². The summed E-state index contributed by atoms with van der Waals surface area (Å²) in [6.07, 6.45) is 0.759. The molecule has 0 unspecified atom stereocenters. The van der Waals surface area contributed by atoms with Gasteiger partial charge in [-0.05, 0) is 41.5 Å². The summed E-state index contributed by atoms with van der Waals surface area (Å²) in [5.41, 5.74) is 3.38. The monoisotopic (exact) mass is 400 g/mol. The lowest BCUT2D eigenvalue weighted by Gasteiger charge is -2.18. The van der Waals surface area contributed by atoms with Crippen LogP contribution in [0.1, 0.15) is 34.4 Å². The number of alkyl carbamates (subject to hydrolysis) is 1. The normalized spacial score (nSPS) is 17.3. The Kier molecular flexibility index (Phi) is 5.53. The molecule has 6 nitrogen and oxygen atoms in total. The highest BCUT2D eigenvalue weighted by atomic mass is 16.6. The summed E-state index contributed by atoms with van der Waals surface area (Å²) in [7, 11) is 3.18. The van der Waals surface area contributed by atoms with Crippen molar-refractivity contribution >= 4 is 6.09 Å². The lowest BCUT2D eigenvalue weighted by Crippen LogP contribution is -2.19. The second-order valence-electron chi connectivity index (χ2n) is 6.69. The van der Waals surface area contributed by atoms with Gasteiger partial charge in [0.15, 0.2) is 6.10 Å². The molecule has 2 atom stereocenters. The van der Waals surface area contributed by atoms with Crippen molar-refractivity contribution in [2.24, 2.45) is 0 Å². The average molecular weight is 400 g/mol. The zero-order valence-corrected chi connectivity index (χ0v) is 16.6. The first-order chi connectivity index (χ1) is 14.7. The van der Waals surface area contributed by atoms with Crippen LogP contribution in [0.5, 0.6) is 11.6 Å². The van der Waals surface area contributed by atoms with Gasteiger partial charge in [-0.25, -0.2) is 9.78 Å². The molecule has 4 rings (SSSR count). The first-order valence-electron chi connectivity index (χ1n) is 9.39. The molecule has 1 fully saturated rings. The second-order valence-corrected chi connectivity index (χ2v) is 6.69. The number of carbonyl (C=O) groups is 1. The molecule has 1 aromatic heterocycles. The fraction of sp³-hybridized carbons (Fsp3) is 0.167. The molecule has 0 radical (unpaired) electrons. The van der Waals surface area contributed by atoms with Crippen LogP contribution in [0.2, 0.25) is 0 Å². The van der Waals surface area contributed by atoms with Gasteiger partial charge in [-0.1, -0.05) is 36.1 Å². The zero-order valence-electron chi connectivity index (χ0n) is 16.6. The van der Waals surface area contributed by atoms with E-state index in [9.17, 15) is 4.79 Å². The highest BCUT2D eigenvalue weighted by Crippen LogP contribution is 2.37. The standard InChI is InChI=1S/C24H20N2O4/c1-28-20-8-4-7-19(14-20)23-22(26-24(27)30-23)18-6-3-5-16(13-18)9-10-17-11-12-21(29-2)25-15-17/h3-8,11-15,22-23H,1-2H3,(H,26,27)/t22-,23-/m1/s1. The Hall–Kier alpha value is -3.98. The summed E-state index contributed by atoms with van der Waals surface area (Å²) in [5.74, 6) is 7.49. The summed E-state index contributed by atoms with van der Waals surface area (Å²) in [6.45, 7) is 0. The van der Waals surface area contributed by atoms with Gasteiger partial charge in [0.05, 0.1) is 20.3 Å². The predicted octanol–water partition coefficient (Wildman–Crippen LogP) is 4.02. The molecule has 6 heteroatoms. The lowest BCUT2D eigenvalue weighted by molar-refractivity contribution is 0.132. The number of amides is 1. The minimum Gasteiger partial charge on any atom is -0.497 e. The molecule has 0 spiro atoms. The van der Waals surface area contributed by atoms with E-state index in [0.717, 1.165) is 22.3 Å². The maximum absolute atomic E-state index is 12.0. The van der Waals surface area contributed by atoms with Crippen molar-refractivity contribution in [3.63, 3.8) is 0 Å². The van der Waals surface area contributed by atoms with E-state index < -0.39 is 12.2 Å². The third kappa shape index (κ3) is 4.20.